The number of nitrogens with zero attached hydrogens (tertiary/aromatic N) is 1. The Morgan fingerprint density at radius 3 is 2.27 bits per heavy atom. The van der Waals surface area contributed by atoms with Gasteiger partial charge in [-0.2, -0.15) is 0 Å². The predicted molar refractivity (Wildman–Crippen MR) is 60.1 cm³/mol. The highest BCUT2D eigenvalue weighted by Gasteiger charge is 2.29. The number of halogens is 1. The number of hydroxylamine groups is 1. The molecule has 0 N–H and O–H groups in total. The molecule has 4 heteroatoms. The summed E-state index contributed by atoms with van der Waals surface area (Å²) in [7, 11) is 0. The van der Waals surface area contributed by atoms with Crippen molar-refractivity contribution in [2.75, 3.05) is 0 Å². The largest absolute Gasteiger partial charge is 0.271 e. The van der Waals surface area contributed by atoms with Gasteiger partial charge < -0.3 is 0 Å². The summed E-state index contributed by atoms with van der Waals surface area (Å²) in [5.74, 6) is -0.185. The van der Waals surface area contributed by atoms with E-state index in [1.165, 1.54) is 19.3 Å². The summed E-state index contributed by atoms with van der Waals surface area (Å²) in [5, 5.41) is 0. The second kappa shape index (κ2) is 5.17. The van der Waals surface area contributed by atoms with Crippen LogP contribution in [-0.4, -0.2) is 16.6 Å². The topological polar surface area (TPSA) is 29.5 Å². The highest BCUT2D eigenvalue weighted by atomic mass is 35.5. The van der Waals surface area contributed by atoms with E-state index in [4.69, 9.17) is 16.6 Å². The van der Waals surface area contributed by atoms with E-state index in [0.717, 1.165) is 17.4 Å². The summed E-state index contributed by atoms with van der Waals surface area (Å²) in [6.07, 6.45) is 5.71. The fourth-order valence-electron chi connectivity index (χ4n) is 1.61. The minimum absolute atomic E-state index is 0.113. The van der Waals surface area contributed by atoms with Crippen molar-refractivity contribution in [2.45, 2.75) is 59.0 Å². The first-order valence-corrected chi connectivity index (χ1v) is 5.92. The Balaban J connectivity index is 2.40. The van der Waals surface area contributed by atoms with Gasteiger partial charge in [0.15, 0.2) is 0 Å². The van der Waals surface area contributed by atoms with E-state index in [-0.39, 0.29) is 12.0 Å². The molecular weight excluding hydrogens is 214 g/mol. The Morgan fingerprint density at radius 2 is 1.80 bits per heavy atom. The van der Waals surface area contributed by atoms with Crippen molar-refractivity contribution in [2.24, 2.45) is 5.41 Å². The van der Waals surface area contributed by atoms with Crippen molar-refractivity contribution in [3.05, 3.63) is 0 Å². The number of amides is 1. The van der Waals surface area contributed by atoms with Crippen LogP contribution in [0.2, 0.25) is 0 Å². The van der Waals surface area contributed by atoms with Crippen molar-refractivity contribution >= 4 is 17.7 Å². The number of hydrogen-bond acceptors (Lipinski definition) is 2. The Labute approximate surface area is 96.8 Å². The summed E-state index contributed by atoms with van der Waals surface area (Å²) in [6.45, 7) is 5.48. The van der Waals surface area contributed by atoms with Crippen LogP contribution in [-0.2, 0) is 9.63 Å². The summed E-state index contributed by atoms with van der Waals surface area (Å²) in [4.78, 5) is 17.1. The molecule has 0 aromatic carbocycles. The van der Waals surface area contributed by atoms with Crippen LogP contribution in [0, 0.1) is 5.41 Å². The molecule has 0 bridgehead atoms. The van der Waals surface area contributed by atoms with Crippen LogP contribution in [0.4, 0.5) is 0 Å². The third-order valence-corrected chi connectivity index (χ3v) is 2.83. The van der Waals surface area contributed by atoms with Gasteiger partial charge in [-0.1, -0.05) is 40.0 Å². The standard InChI is InChI=1S/C11H20ClNO2/c1-11(2,3)10(14)13(12)15-9-7-5-4-6-8-9/h9H,4-8H2,1-3H3. The number of rotatable bonds is 2. The zero-order chi connectivity index (χ0) is 11.5. The number of hydrogen-bond donors (Lipinski definition) is 0. The van der Waals surface area contributed by atoms with Crippen LogP contribution in [0.5, 0.6) is 0 Å². The molecule has 1 aliphatic rings. The summed E-state index contributed by atoms with van der Waals surface area (Å²) >= 11 is 5.81. The van der Waals surface area contributed by atoms with Crippen LogP contribution in [0.15, 0.2) is 0 Å². The first kappa shape index (κ1) is 12.8. The monoisotopic (exact) mass is 233 g/mol. The van der Waals surface area contributed by atoms with Gasteiger partial charge in [-0.15, -0.1) is 4.58 Å². The molecule has 88 valence electrons. The zero-order valence-corrected chi connectivity index (χ0v) is 10.5. The van der Waals surface area contributed by atoms with Crippen LogP contribution in [0.3, 0.4) is 0 Å². The Bertz CT molecular complexity index is 219. The number of carbonyl (C=O) groups excluding carboxylic acids is 1. The third-order valence-electron chi connectivity index (χ3n) is 2.60. The van der Waals surface area contributed by atoms with E-state index in [1.54, 1.807) is 0 Å². The van der Waals surface area contributed by atoms with Crippen molar-refractivity contribution in [3.63, 3.8) is 0 Å². The maximum atomic E-state index is 11.7. The van der Waals surface area contributed by atoms with Crippen LogP contribution >= 0.6 is 11.8 Å². The maximum Gasteiger partial charge on any atom is 0.267 e. The molecule has 1 amide bonds. The molecule has 1 fully saturated rings. The molecule has 15 heavy (non-hydrogen) atoms. The lowest BCUT2D eigenvalue weighted by Crippen LogP contribution is -2.36. The SMILES string of the molecule is CC(C)(C)C(=O)N(Cl)OC1CCCCC1. The average molecular weight is 234 g/mol. The molecule has 3 nitrogen and oxygen atoms in total. The van der Waals surface area contributed by atoms with Crippen LogP contribution < -0.4 is 0 Å². The molecule has 1 saturated carbocycles. The van der Waals surface area contributed by atoms with Crippen LogP contribution in [0.1, 0.15) is 52.9 Å². The lowest BCUT2D eigenvalue weighted by Gasteiger charge is -2.28. The van der Waals surface area contributed by atoms with Crippen molar-refractivity contribution in [3.8, 4) is 0 Å². The Hall–Kier alpha value is -0.280. The lowest BCUT2D eigenvalue weighted by atomic mass is 9.96. The minimum Gasteiger partial charge on any atom is -0.271 e. The molecule has 0 aliphatic heterocycles. The van der Waals surface area contributed by atoms with Crippen LogP contribution in [0.25, 0.3) is 0 Å². The second-order valence-corrected chi connectivity index (χ2v) is 5.47. The van der Waals surface area contributed by atoms with Crippen molar-refractivity contribution in [1.82, 2.24) is 4.58 Å². The minimum atomic E-state index is -0.490. The van der Waals surface area contributed by atoms with Crippen molar-refractivity contribution in [1.29, 1.82) is 0 Å². The van der Waals surface area contributed by atoms with Gasteiger partial charge in [0, 0.05) is 17.2 Å². The van der Waals surface area contributed by atoms with Crippen molar-refractivity contribution < 1.29 is 9.63 Å². The fourth-order valence-corrected chi connectivity index (χ4v) is 1.98. The molecule has 0 atom stereocenters. The summed E-state index contributed by atoms with van der Waals surface area (Å²) < 4.78 is 0.899. The normalized spacial score (nSPS) is 18.9. The van der Waals surface area contributed by atoms with Gasteiger partial charge in [0.1, 0.15) is 0 Å². The molecule has 0 aromatic heterocycles. The van der Waals surface area contributed by atoms with E-state index >= 15 is 0 Å². The molecule has 0 heterocycles. The molecular formula is C11H20ClNO2. The molecule has 1 rings (SSSR count). The predicted octanol–water partition coefficient (Wildman–Crippen LogP) is 3.28. The van der Waals surface area contributed by atoms with Gasteiger partial charge in [-0.05, 0) is 12.8 Å². The average Bonchev–Trinajstić information content (AvgIpc) is 2.16. The maximum absolute atomic E-state index is 11.7. The smallest absolute Gasteiger partial charge is 0.267 e. The molecule has 0 spiro atoms. The van der Waals surface area contributed by atoms with Gasteiger partial charge in [0.05, 0.1) is 6.10 Å². The molecule has 1 aliphatic carbocycles. The zero-order valence-electron chi connectivity index (χ0n) is 9.75. The third kappa shape index (κ3) is 3.99. The first-order chi connectivity index (χ1) is 6.91. The molecule has 0 unspecified atom stereocenters. The number of carbonyl (C=O) groups is 1. The second-order valence-electron chi connectivity index (χ2n) is 5.17. The van der Waals surface area contributed by atoms with E-state index in [1.807, 2.05) is 20.8 Å². The Kier molecular flexibility index (Phi) is 4.41. The van der Waals surface area contributed by atoms with Gasteiger partial charge in [-0.25, -0.2) is 0 Å². The van der Waals surface area contributed by atoms with Gasteiger partial charge in [0.25, 0.3) is 5.91 Å². The molecule has 0 saturated heterocycles. The molecule has 0 aromatic rings. The van der Waals surface area contributed by atoms with Gasteiger partial charge in [0.2, 0.25) is 0 Å². The van der Waals surface area contributed by atoms with E-state index < -0.39 is 5.41 Å². The highest BCUT2D eigenvalue weighted by Crippen LogP contribution is 2.25. The fraction of sp³-hybridized carbons (Fsp3) is 0.909. The van der Waals surface area contributed by atoms with Gasteiger partial charge >= 0.3 is 0 Å². The Morgan fingerprint density at radius 1 is 1.27 bits per heavy atom. The van der Waals surface area contributed by atoms with E-state index in [2.05, 4.69) is 0 Å². The summed E-state index contributed by atoms with van der Waals surface area (Å²) in [5.41, 5.74) is -0.490. The van der Waals surface area contributed by atoms with E-state index in [0.29, 0.717) is 0 Å². The molecule has 0 radical (unpaired) electrons. The van der Waals surface area contributed by atoms with E-state index in [9.17, 15) is 4.79 Å². The van der Waals surface area contributed by atoms with Gasteiger partial charge in [-0.3, -0.25) is 9.63 Å². The first-order valence-electron chi connectivity index (χ1n) is 5.58. The summed E-state index contributed by atoms with van der Waals surface area (Å²) in [6, 6.07) is 0. The lowest BCUT2D eigenvalue weighted by molar-refractivity contribution is -0.183. The quantitative estimate of drug-likeness (QED) is 0.541. The highest BCUT2D eigenvalue weighted by molar-refractivity contribution is 6.20.